The van der Waals surface area contributed by atoms with E-state index < -0.39 is 17.1 Å². The molecule has 80 valence electrons. The molecule has 0 amide bonds. The molecule has 5 heteroatoms. The van der Waals surface area contributed by atoms with Crippen molar-refractivity contribution in [2.24, 2.45) is 0 Å². The average Bonchev–Trinajstić information content (AvgIpc) is 2.29. The van der Waals surface area contributed by atoms with Crippen LogP contribution < -0.4 is 10.7 Å². The summed E-state index contributed by atoms with van der Waals surface area (Å²) in [4.78, 5) is 28.1. The maximum Gasteiger partial charge on any atom is 0.260 e. The molecule has 2 rings (SSSR count). The van der Waals surface area contributed by atoms with Gasteiger partial charge in [-0.1, -0.05) is 30.3 Å². The molecule has 1 aromatic heterocycles. The van der Waals surface area contributed by atoms with Gasteiger partial charge < -0.3 is 14.9 Å². The number of carboxylic acids is 1. The Bertz CT molecular complexity index is 575. The summed E-state index contributed by atoms with van der Waals surface area (Å²) in [5.74, 6) is -1.20. The number of carbonyl (C=O) groups is 1. The number of rotatable bonds is 2. The van der Waals surface area contributed by atoms with Crippen molar-refractivity contribution in [3.8, 4) is 11.4 Å². The zero-order valence-corrected chi connectivity index (χ0v) is 8.14. The van der Waals surface area contributed by atoms with Crippen LogP contribution in [-0.2, 0) is 0 Å². The molecule has 0 saturated heterocycles. The Balaban J connectivity index is 2.51. The zero-order valence-electron chi connectivity index (χ0n) is 8.14. The van der Waals surface area contributed by atoms with Gasteiger partial charge in [0.1, 0.15) is 5.82 Å². The van der Waals surface area contributed by atoms with Crippen LogP contribution in [0.1, 0.15) is 10.4 Å². The van der Waals surface area contributed by atoms with Gasteiger partial charge in [-0.25, -0.2) is 4.98 Å². The molecule has 0 fully saturated rings. The number of carbonyl (C=O) groups excluding carboxylic acids is 1. The van der Waals surface area contributed by atoms with Crippen molar-refractivity contribution >= 4 is 5.97 Å². The molecule has 0 atom stereocenters. The van der Waals surface area contributed by atoms with Gasteiger partial charge >= 0.3 is 0 Å². The molecule has 0 aliphatic carbocycles. The topological polar surface area (TPSA) is 85.9 Å². The van der Waals surface area contributed by atoms with Crippen LogP contribution in [0.5, 0.6) is 0 Å². The Morgan fingerprint density at radius 3 is 2.50 bits per heavy atom. The summed E-state index contributed by atoms with van der Waals surface area (Å²) >= 11 is 0. The average molecular weight is 215 g/mol. The molecule has 0 bridgehead atoms. The second-order valence-electron chi connectivity index (χ2n) is 3.13. The number of hydrogen-bond acceptors (Lipinski definition) is 4. The monoisotopic (exact) mass is 215 g/mol. The molecule has 0 unspecified atom stereocenters. The minimum Gasteiger partial charge on any atom is -0.545 e. The highest BCUT2D eigenvalue weighted by Crippen LogP contribution is 2.11. The molecule has 0 aliphatic rings. The van der Waals surface area contributed by atoms with E-state index >= 15 is 0 Å². The van der Waals surface area contributed by atoms with E-state index in [0.717, 1.165) is 6.20 Å². The van der Waals surface area contributed by atoms with Crippen molar-refractivity contribution in [1.29, 1.82) is 0 Å². The van der Waals surface area contributed by atoms with Crippen LogP contribution in [0, 0.1) is 0 Å². The second kappa shape index (κ2) is 3.98. The predicted molar refractivity (Wildman–Crippen MR) is 54.6 cm³/mol. The number of nitrogens with one attached hydrogen (secondary N) is 1. The van der Waals surface area contributed by atoms with Crippen LogP contribution in [0.4, 0.5) is 0 Å². The number of carboxylic acid groups (broad SMARTS) is 1. The highest BCUT2D eigenvalue weighted by molar-refractivity contribution is 5.84. The molecule has 1 heterocycles. The minimum atomic E-state index is -1.53. The number of H-pyrrole nitrogens is 1. The smallest absolute Gasteiger partial charge is 0.260 e. The van der Waals surface area contributed by atoms with Gasteiger partial charge in [0.2, 0.25) is 0 Å². The molecule has 0 radical (unpaired) electrons. The predicted octanol–water partition coefficient (Wildman–Crippen LogP) is -0.200. The molecule has 5 nitrogen and oxygen atoms in total. The van der Waals surface area contributed by atoms with Gasteiger partial charge in [0.15, 0.2) is 0 Å². The number of aromatic nitrogens is 2. The van der Waals surface area contributed by atoms with Crippen LogP contribution in [0.2, 0.25) is 0 Å². The molecular weight excluding hydrogens is 208 g/mol. The summed E-state index contributed by atoms with van der Waals surface area (Å²) in [7, 11) is 0. The summed E-state index contributed by atoms with van der Waals surface area (Å²) in [6, 6.07) is 8.94. The maximum absolute atomic E-state index is 11.3. The van der Waals surface area contributed by atoms with E-state index in [1.54, 1.807) is 24.3 Å². The molecule has 0 saturated carbocycles. The first-order chi connectivity index (χ1) is 7.68. The van der Waals surface area contributed by atoms with Crippen LogP contribution >= 0.6 is 0 Å². The van der Waals surface area contributed by atoms with Crippen LogP contribution in [0.15, 0.2) is 41.3 Å². The number of benzene rings is 1. The summed E-state index contributed by atoms with van der Waals surface area (Å²) < 4.78 is 0. The number of aromatic amines is 1. The van der Waals surface area contributed by atoms with Crippen molar-refractivity contribution in [1.82, 2.24) is 9.97 Å². The minimum absolute atomic E-state index is 0.329. The number of nitrogens with zero attached hydrogens (tertiary/aromatic N) is 1. The third kappa shape index (κ3) is 1.83. The van der Waals surface area contributed by atoms with E-state index in [1.807, 2.05) is 6.07 Å². The van der Waals surface area contributed by atoms with Crippen molar-refractivity contribution in [2.45, 2.75) is 0 Å². The van der Waals surface area contributed by atoms with Gasteiger partial charge in [-0.15, -0.1) is 0 Å². The normalized spacial score (nSPS) is 10.0. The Kier molecular flexibility index (Phi) is 2.51. The van der Waals surface area contributed by atoms with Crippen molar-refractivity contribution < 1.29 is 9.90 Å². The van der Waals surface area contributed by atoms with Gasteiger partial charge in [-0.2, -0.15) is 0 Å². The highest BCUT2D eigenvalue weighted by Gasteiger charge is 2.04. The molecule has 0 aliphatic heterocycles. The van der Waals surface area contributed by atoms with Gasteiger partial charge in [-0.05, 0) is 0 Å². The Morgan fingerprint density at radius 2 is 1.94 bits per heavy atom. The fourth-order valence-electron chi connectivity index (χ4n) is 1.28. The SMILES string of the molecule is O=C([O-])c1cnc(-c2ccccc2)[nH]c1=O. The van der Waals surface area contributed by atoms with E-state index in [2.05, 4.69) is 9.97 Å². The largest absolute Gasteiger partial charge is 0.545 e. The highest BCUT2D eigenvalue weighted by atomic mass is 16.4. The third-order valence-electron chi connectivity index (χ3n) is 2.07. The Hall–Kier alpha value is -2.43. The third-order valence-corrected chi connectivity index (χ3v) is 2.07. The van der Waals surface area contributed by atoms with Gasteiger partial charge in [0, 0.05) is 11.8 Å². The van der Waals surface area contributed by atoms with E-state index in [0.29, 0.717) is 11.4 Å². The lowest BCUT2D eigenvalue weighted by molar-refractivity contribution is -0.255. The lowest BCUT2D eigenvalue weighted by Gasteiger charge is -2.03. The lowest BCUT2D eigenvalue weighted by atomic mass is 10.2. The fraction of sp³-hybridized carbons (Fsp3) is 0. The van der Waals surface area contributed by atoms with Gasteiger partial charge in [-0.3, -0.25) is 4.79 Å². The Morgan fingerprint density at radius 1 is 1.25 bits per heavy atom. The first-order valence-electron chi connectivity index (χ1n) is 4.54. The Labute approximate surface area is 90.4 Å². The van der Waals surface area contributed by atoms with Gasteiger partial charge in [0.05, 0.1) is 11.5 Å². The standard InChI is InChI=1S/C11H8N2O3/c14-10-8(11(15)16)6-12-9(13-10)7-4-2-1-3-5-7/h1-6H,(H,15,16)(H,12,13,14)/p-1. The molecule has 1 aromatic carbocycles. The summed E-state index contributed by atoms with van der Waals surface area (Å²) in [6.45, 7) is 0. The van der Waals surface area contributed by atoms with E-state index in [-0.39, 0.29) is 0 Å². The molecular formula is C11H7N2O3-. The second-order valence-corrected chi connectivity index (χ2v) is 3.13. The molecule has 0 spiro atoms. The zero-order chi connectivity index (χ0) is 11.5. The molecule has 16 heavy (non-hydrogen) atoms. The summed E-state index contributed by atoms with van der Waals surface area (Å²) in [5.41, 5.74) is -0.474. The first-order valence-corrected chi connectivity index (χ1v) is 4.54. The maximum atomic E-state index is 11.3. The van der Waals surface area contributed by atoms with E-state index in [9.17, 15) is 14.7 Å². The van der Waals surface area contributed by atoms with Crippen LogP contribution in [0.25, 0.3) is 11.4 Å². The van der Waals surface area contributed by atoms with Crippen LogP contribution in [-0.4, -0.2) is 15.9 Å². The van der Waals surface area contributed by atoms with Crippen molar-refractivity contribution in [2.75, 3.05) is 0 Å². The summed E-state index contributed by atoms with van der Waals surface area (Å²) in [6.07, 6.45) is 0.997. The number of aromatic carboxylic acids is 1. The quantitative estimate of drug-likeness (QED) is 0.751. The van der Waals surface area contributed by atoms with Crippen LogP contribution in [0.3, 0.4) is 0 Å². The molecule has 1 N–H and O–H groups in total. The number of hydrogen-bond donors (Lipinski definition) is 1. The summed E-state index contributed by atoms with van der Waals surface area (Å²) in [5, 5.41) is 10.5. The first kappa shape index (κ1) is 10.1. The van der Waals surface area contributed by atoms with E-state index in [1.165, 1.54) is 0 Å². The van der Waals surface area contributed by atoms with Crippen molar-refractivity contribution in [3.63, 3.8) is 0 Å². The fourth-order valence-corrected chi connectivity index (χ4v) is 1.28. The van der Waals surface area contributed by atoms with Gasteiger partial charge in [0.25, 0.3) is 5.56 Å². The molecule has 2 aromatic rings. The van der Waals surface area contributed by atoms with Crippen molar-refractivity contribution in [3.05, 3.63) is 52.4 Å². The lowest BCUT2D eigenvalue weighted by Crippen LogP contribution is -2.30. The van der Waals surface area contributed by atoms with E-state index in [4.69, 9.17) is 0 Å².